The van der Waals surface area contributed by atoms with Gasteiger partial charge in [-0.25, -0.2) is 0 Å². The molecule has 22 heavy (non-hydrogen) atoms. The zero-order valence-electron chi connectivity index (χ0n) is 12.1. The third-order valence-corrected chi connectivity index (χ3v) is 3.80. The normalized spacial score (nSPS) is 21.3. The highest BCUT2D eigenvalue weighted by Gasteiger charge is 2.35. The molecule has 0 aliphatic carbocycles. The molecule has 0 bridgehead atoms. The van der Waals surface area contributed by atoms with Crippen LogP contribution in [0.5, 0.6) is 5.75 Å². The summed E-state index contributed by atoms with van der Waals surface area (Å²) in [6.45, 7) is 2.52. The number of hydrogen-bond acceptors (Lipinski definition) is 6. The van der Waals surface area contributed by atoms with Crippen LogP contribution in [0.4, 0.5) is 0 Å². The molecular formula is C15H17N3O4. The Kier molecular flexibility index (Phi) is 3.81. The summed E-state index contributed by atoms with van der Waals surface area (Å²) < 4.78 is 5.16. The number of aryl methyl sites for hydroxylation is 1. The maximum absolute atomic E-state index is 12.4. The average molecular weight is 303 g/mol. The van der Waals surface area contributed by atoms with E-state index in [0.717, 1.165) is 5.69 Å². The molecule has 0 unspecified atom stereocenters. The van der Waals surface area contributed by atoms with Crippen LogP contribution in [-0.2, 0) is 6.42 Å². The fourth-order valence-electron chi connectivity index (χ4n) is 2.72. The van der Waals surface area contributed by atoms with Crippen molar-refractivity contribution in [3.05, 3.63) is 41.5 Å². The maximum atomic E-state index is 12.4. The molecule has 1 aliphatic rings. The fourth-order valence-corrected chi connectivity index (χ4v) is 2.72. The van der Waals surface area contributed by atoms with Gasteiger partial charge < -0.3 is 19.6 Å². The molecule has 0 aromatic carbocycles. The SMILES string of the molecule is Cc1cc(C[C@@H]2CN(C(=O)c3cncc(O)c3)C[C@@H]2O)on1. The lowest BCUT2D eigenvalue weighted by Gasteiger charge is -2.15. The Morgan fingerprint density at radius 1 is 1.41 bits per heavy atom. The molecule has 2 N–H and O–H groups in total. The molecule has 1 saturated heterocycles. The van der Waals surface area contributed by atoms with E-state index < -0.39 is 6.10 Å². The van der Waals surface area contributed by atoms with Crippen molar-refractivity contribution in [2.75, 3.05) is 13.1 Å². The molecule has 7 nitrogen and oxygen atoms in total. The number of aromatic hydroxyl groups is 1. The van der Waals surface area contributed by atoms with Gasteiger partial charge in [-0.15, -0.1) is 0 Å². The lowest BCUT2D eigenvalue weighted by Crippen LogP contribution is -2.29. The lowest BCUT2D eigenvalue weighted by atomic mass is 10.0. The Labute approximate surface area is 127 Å². The van der Waals surface area contributed by atoms with Gasteiger partial charge in [0.2, 0.25) is 0 Å². The van der Waals surface area contributed by atoms with Gasteiger partial charge in [0.1, 0.15) is 11.5 Å². The van der Waals surface area contributed by atoms with E-state index in [4.69, 9.17) is 4.52 Å². The second kappa shape index (κ2) is 5.76. The summed E-state index contributed by atoms with van der Waals surface area (Å²) in [4.78, 5) is 17.7. The summed E-state index contributed by atoms with van der Waals surface area (Å²) in [6.07, 6.45) is 2.59. The summed E-state index contributed by atoms with van der Waals surface area (Å²) in [5, 5.41) is 23.4. The van der Waals surface area contributed by atoms with E-state index in [1.807, 2.05) is 13.0 Å². The monoisotopic (exact) mass is 303 g/mol. The number of carbonyl (C=O) groups is 1. The largest absolute Gasteiger partial charge is 0.506 e. The molecule has 0 radical (unpaired) electrons. The van der Waals surface area contributed by atoms with Gasteiger partial charge in [0.15, 0.2) is 0 Å². The zero-order chi connectivity index (χ0) is 15.7. The molecule has 1 amide bonds. The Morgan fingerprint density at radius 3 is 2.91 bits per heavy atom. The molecule has 2 atom stereocenters. The van der Waals surface area contributed by atoms with Crippen LogP contribution in [0.1, 0.15) is 21.8 Å². The highest BCUT2D eigenvalue weighted by molar-refractivity contribution is 5.94. The predicted octanol–water partition coefficient (Wildman–Crippen LogP) is 0.759. The summed E-state index contributed by atoms with van der Waals surface area (Å²) in [7, 11) is 0. The van der Waals surface area contributed by atoms with Gasteiger partial charge in [-0.05, 0) is 13.0 Å². The number of aliphatic hydroxyl groups excluding tert-OH is 1. The first-order valence-electron chi connectivity index (χ1n) is 7.06. The number of nitrogens with zero attached hydrogens (tertiary/aromatic N) is 3. The number of aliphatic hydroxyl groups is 1. The lowest BCUT2D eigenvalue weighted by molar-refractivity contribution is 0.0763. The quantitative estimate of drug-likeness (QED) is 0.868. The number of likely N-dealkylation sites (tertiary alicyclic amines) is 1. The molecular weight excluding hydrogens is 286 g/mol. The van der Waals surface area contributed by atoms with Crippen molar-refractivity contribution >= 4 is 5.91 Å². The minimum atomic E-state index is -0.611. The number of β-amino-alcohol motifs (C(OH)–C–C–N with tert-alkyl or cyclic N) is 1. The Balaban J connectivity index is 1.68. The topological polar surface area (TPSA) is 99.7 Å². The van der Waals surface area contributed by atoms with Gasteiger partial charge in [-0.1, -0.05) is 5.16 Å². The minimum absolute atomic E-state index is 0.0562. The third-order valence-electron chi connectivity index (χ3n) is 3.80. The van der Waals surface area contributed by atoms with Crippen molar-refractivity contribution in [3.8, 4) is 5.75 Å². The van der Waals surface area contributed by atoms with Crippen molar-refractivity contribution < 1.29 is 19.5 Å². The average Bonchev–Trinajstić information content (AvgIpc) is 3.05. The Bertz CT molecular complexity index is 685. The van der Waals surface area contributed by atoms with Gasteiger partial charge >= 0.3 is 0 Å². The van der Waals surface area contributed by atoms with Crippen LogP contribution >= 0.6 is 0 Å². The van der Waals surface area contributed by atoms with Gasteiger partial charge in [0.05, 0.1) is 23.6 Å². The minimum Gasteiger partial charge on any atom is -0.506 e. The van der Waals surface area contributed by atoms with E-state index in [-0.39, 0.29) is 24.1 Å². The van der Waals surface area contributed by atoms with Crippen LogP contribution in [0.2, 0.25) is 0 Å². The first-order valence-corrected chi connectivity index (χ1v) is 7.06. The molecule has 3 heterocycles. The second-order valence-electron chi connectivity index (χ2n) is 5.61. The van der Waals surface area contributed by atoms with Crippen molar-refractivity contribution in [2.24, 2.45) is 5.92 Å². The maximum Gasteiger partial charge on any atom is 0.255 e. The Morgan fingerprint density at radius 2 is 2.23 bits per heavy atom. The highest BCUT2D eigenvalue weighted by atomic mass is 16.5. The number of carbonyl (C=O) groups excluding carboxylic acids is 1. The predicted molar refractivity (Wildman–Crippen MR) is 76.2 cm³/mol. The number of pyridine rings is 1. The van der Waals surface area contributed by atoms with E-state index in [0.29, 0.717) is 24.3 Å². The molecule has 7 heteroatoms. The first-order chi connectivity index (χ1) is 10.5. The van der Waals surface area contributed by atoms with E-state index >= 15 is 0 Å². The molecule has 1 fully saturated rings. The second-order valence-corrected chi connectivity index (χ2v) is 5.61. The summed E-state index contributed by atoms with van der Waals surface area (Å²) >= 11 is 0. The fraction of sp³-hybridized carbons (Fsp3) is 0.400. The van der Waals surface area contributed by atoms with Crippen LogP contribution in [0.15, 0.2) is 29.0 Å². The van der Waals surface area contributed by atoms with Gasteiger partial charge in [0.25, 0.3) is 5.91 Å². The number of rotatable bonds is 3. The van der Waals surface area contributed by atoms with Crippen LogP contribution in [-0.4, -0.2) is 50.4 Å². The van der Waals surface area contributed by atoms with Crippen LogP contribution in [0.25, 0.3) is 0 Å². The van der Waals surface area contributed by atoms with Crippen LogP contribution in [0.3, 0.4) is 0 Å². The number of aromatic nitrogens is 2. The Hall–Kier alpha value is -2.41. The number of amides is 1. The molecule has 2 aromatic rings. The molecule has 116 valence electrons. The summed E-state index contributed by atoms with van der Waals surface area (Å²) in [5.41, 5.74) is 1.10. The first kappa shape index (κ1) is 14.5. The van der Waals surface area contributed by atoms with Gasteiger partial charge in [-0.2, -0.15) is 0 Å². The summed E-state index contributed by atoms with van der Waals surface area (Å²) in [5.74, 6) is 0.300. The molecule has 1 aliphatic heterocycles. The molecule has 0 spiro atoms. The highest BCUT2D eigenvalue weighted by Crippen LogP contribution is 2.24. The van der Waals surface area contributed by atoms with Crippen molar-refractivity contribution in [1.29, 1.82) is 0 Å². The summed E-state index contributed by atoms with van der Waals surface area (Å²) in [6, 6.07) is 3.20. The zero-order valence-corrected chi connectivity index (χ0v) is 12.1. The van der Waals surface area contributed by atoms with E-state index in [2.05, 4.69) is 10.1 Å². The number of hydrogen-bond donors (Lipinski definition) is 2. The van der Waals surface area contributed by atoms with E-state index in [1.165, 1.54) is 18.5 Å². The van der Waals surface area contributed by atoms with Gasteiger partial charge in [-0.3, -0.25) is 9.78 Å². The van der Waals surface area contributed by atoms with Crippen LogP contribution in [0, 0.1) is 12.8 Å². The molecule has 3 rings (SSSR count). The smallest absolute Gasteiger partial charge is 0.255 e. The van der Waals surface area contributed by atoms with Gasteiger partial charge in [0, 0.05) is 37.7 Å². The van der Waals surface area contributed by atoms with Crippen molar-refractivity contribution in [2.45, 2.75) is 19.4 Å². The molecule has 0 saturated carbocycles. The van der Waals surface area contributed by atoms with Crippen molar-refractivity contribution in [3.63, 3.8) is 0 Å². The van der Waals surface area contributed by atoms with Crippen LogP contribution < -0.4 is 0 Å². The third kappa shape index (κ3) is 2.94. The van der Waals surface area contributed by atoms with E-state index in [9.17, 15) is 15.0 Å². The van der Waals surface area contributed by atoms with Crippen molar-refractivity contribution in [1.82, 2.24) is 15.0 Å². The molecule has 2 aromatic heterocycles. The standard InChI is InChI=1S/C15H17N3O4/c1-9-2-13(22-17-9)4-11-7-18(8-14(11)20)15(21)10-3-12(19)6-16-5-10/h2-3,5-6,11,14,19-20H,4,7-8H2,1H3/t11-,14+/m1/s1. The van der Waals surface area contributed by atoms with E-state index in [1.54, 1.807) is 4.90 Å².